The van der Waals surface area contributed by atoms with Crippen molar-refractivity contribution >= 4 is 0 Å². The Kier molecular flexibility index (Phi) is 7.84. The summed E-state index contributed by atoms with van der Waals surface area (Å²) in [6.45, 7) is 13.0. The fraction of sp³-hybridized carbons (Fsp3) is 0.562. The van der Waals surface area contributed by atoms with Crippen LogP contribution in [-0.2, 0) is 0 Å². The largest absolute Gasteiger partial charge is 0.364 e. The van der Waals surface area contributed by atoms with Crippen molar-refractivity contribution < 1.29 is 17.6 Å². The van der Waals surface area contributed by atoms with E-state index >= 15 is 4.39 Å². The molecule has 5 heteroatoms. The molecule has 1 saturated carbocycles. The Balaban J connectivity index is 1.73. The monoisotopic (exact) mass is 515 g/mol. The van der Waals surface area contributed by atoms with Gasteiger partial charge in [0.15, 0.2) is 0 Å². The molecule has 2 unspecified atom stereocenters. The molecule has 0 bridgehead atoms. The van der Waals surface area contributed by atoms with Gasteiger partial charge in [-0.05, 0) is 106 Å². The van der Waals surface area contributed by atoms with Gasteiger partial charge in [0.25, 0.3) is 0 Å². The van der Waals surface area contributed by atoms with E-state index in [2.05, 4.69) is 33.8 Å². The summed E-state index contributed by atoms with van der Waals surface area (Å²) in [5.41, 5.74) is 8.38. The van der Waals surface area contributed by atoms with Crippen LogP contribution in [0.4, 0.5) is 17.6 Å². The molecule has 1 aliphatic heterocycles. The van der Waals surface area contributed by atoms with E-state index in [1.54, 1.807) is 6.08 Å². The first kappa shape index (κ1) is 27.7. The average Bonchev–Trinajstić information content (AvgIpc) is 2.83. The van der Waals surface area contributed by atoms with E-state index in [9.17, 15) is 13.2 Å². The van der Waals surface area contributed by atoms with E-state index in [0.717, 1.165) is 40.8 Å². The summed E-state index contributed by atoms with van der Waals surface area (Å²) in [5, 5.41) is 0. The molecule has 0 amide bonds. The Bertz CT molecular complexity index is 1150. The highest BCUT2D eigenvalue weighted by atomic mass is 19.3. The Morgan fingerprint density at radius 2 is 1.65 bits per heavy atom. The number of halogens is 4. The van der Waals surface area contributed by atoms with Crippen molar-refractivity contribution in [3.63, 3.8) is 0 Å². The predicted octanol–water partition coefficient (Wildman–Crippen LogP) is 9.28. The molecular formula is C32H41F4N. The van der Waals surface area contributed by atoms with Crippen molar-refractivity contribution in [1.82, 2.24) is 4.90 Å². The van der Waals surface area contributed by atoms with Crippen LogP contribution in [0.25, 0.3) is 0 Å². The molecule has 1 fully saturated rings. The van der Waals surface area contributed by atoms with Gasteiger partial charge in [0, 0.05) is 31.0 Å². The Morgan fingerprint density at radius 1 is 1.00 bits per heavy atom. The second-order valence-electron chi connectivity index (χ2n) is 11.7. The van der Waals surface area contributed by atoms with Crippen LogP contribution in [0.2, 0.25) is 0 Å². The standard InChI is InChI=1S/C32H41F4N/c1-20-7-8-22(3)30(24(20)5)23(4)17-29-25(6)27(26-10-9-21(2)28(33)18-26)11-16-37(29)19-31(34)12-14-32(35,36)15-13-31/h9-11,17-18,21,28H,7-8,12-16,19H2,1-6H3/b23-17+. The average molecular weight is 516 g/mol. The lowest BCUT2D eigenvalue weighted by Gasteiger charge is -2.40. The number of allylic oxidation sites excluding steroid dienone is 12. The van der Waals surface area contributed by atoms with Gasteiger partial charge in [-0.15, -0.1) is 0 Å². The quantitative estimate of drug-likeness (QED) is 0.330. The van der Waals surface area contributed by atoms with Crippen molar-refractivity contribution in [2.24, 2.45) is 5.92 Å². The smallest absolute Gasteiger partial charge is 0.248 e. The third kappa shape index (κ3) is 5.91. The molecule has 0 aromatic heterocycles. The highest BCUT2D eigenvalue weighted by molar-refractivity contribution is 5.59. The van der Waals surface area contributed by atoms with Crippen LogP contribution < -0.4 is 0 Å². The highest BCUT2D eigenvalue weighted by Gasteiger charge is 2.45. The van der Waals surface area contributed by atoms with Gasteiger partial charge in [0.2, 0.25) is 5.92 Å². The summed E-state index contributed by atoms with van der Waals surface area (Å²) in [7, 11) is 0. The fourth-order valence-electron chi connectivity index (χ4n) is 6.13. The first-order valence-electron chi connectivity index (χ1n) is 13.6. The van der Waals surface area contributed by atoms with Gasteiger partial charge in [-0.2, -0.15) is 0 Å². The second-order valence-corrected chi connectivity index (χ2v) is 11.7. The molecule has 0 aromatic rings. The second kappa shape index (κ2) is 10.5. The van der Waals surface area contributed by atoms with E-state index < -0.39 is 30.6 Å². The maximum Gasteiger partial charge on any atom is 0.248 e. The van der Waals surface area contributed by atoms with Crippen molar-refractivity contribution in [1.29, 1.82) is 0 Å². The van der Waals surface area contributed by atoms with Gasteiger partial charge in [0.1, 0.15) is 11.8 Å². The topological polar surface area (TPSA) is 3.24 Å². The minimum Gasteiger partial charge on any atom is -0.364 e. The first-order valence-corrected chi connectivity index (χ1v) is 13.6. The maximum absolute atomic E-state index is 15.9. The maximum atomic E-state index is 15.9. The Labute approximate surface area is 220 Å². The normalized spacial score (nSPS) is 28.6. The molecular weight excluding hydrogens is 474 g/mol. The molecule has 0 spiro atoms. The van der Waals surface area contributed by atoms with Crippen LogP contribution in [0.15, 0.2) is 80.7 Å². The van der Waals surface area contributed by atoms with Crippen molar-refractivity contribution in [3.8, 4) is 0 Å². The zero-order valence-electron chi connectivity index (χ0n) is 23.2. The summed E-state index contributed by atoms with van der Waals surface area (Å²) in [6.07, 6.45) is 9.66. The first-order chi connectivity index (χ1) is 17.3. The van der Waals surface area contributed by atoms with Crippen LogP contribution in [0.1, 0.15) is 80.1 Å². The number of rotatable bonds is 5. The summed E-state index contributed by atoms with van der Waals surface area (Å²) in [6, 6.07) is 0. The molecule has 0 radical (unpaired) electrons. The molecule has 0 aromatic carbocycles. The van der Waals surface area contributed by atoms with Crippen LogP contribution in [0.3, 0.4) is 0 Å². The molecule has 3 aliphatic carbocycles. The van der Waals surface area contributed by atoms with Gasteiger partial charge in [0.05, 0.1) is 6.54 Å². The lowest BCUT2D eigenvalue weighted by molar-refractivity contribution is -0.0801. The molecule has 37 heavy (non-hydrogen) atoms. The van der Waals surface area contributed by atoms with Gasteiger partial charge in [-0.3, -0.25) is 0 Å². The third-order valence-corrected chi connectivity index (χ3v) is 8.79. The lowest BCUT2D eigenvalue weighted by Crippen LogP contribution is -2.45. The van der Waals surface area contributed by atoms with Crippen LogP contribution in [0.5, 0.6) is 0 Å². The zero-order valence-corrected chi connectivity index (χ0v) is 23.2. The molecule has 2 atom stereocenters. The third-order valence-electron chi connectivity index (χ3n) is 8.79. The van der Waals surface area contributed by atoms with E-state index in [-0.39, 0.29) is 25.3 Å². The molecule has 0 N–H and O–H groups in total. The van der Waals surface area contributed by atoms with Crippen LogP contribution >= 0.6 is 0 Å². The fourth-order valence-corrected chi connectivity index (χ4v) is 6.13. The highest BCUT2D eigenvalue weighted by Crippen LogP contribution is 2.43. The number of alkyl halides is 4. The van der Waals surface area contributed by atoms with Gasteiger partial charge in [-0.25, -0.2) is 17.6 Å². The summed E-state index contributed by atoms with van der Waals surface area (Å²) in [4.78, 5) is 2.00. The lowest BCUT2D eigenvalue weighted by atomic mass is 9.82. The van der Waals surface area contributed by atoms with Crippen molar-refractivity contribution in [3.05, 3.63) is 80.7 Å². The number of nitrogens with zero attached hydrogens (tertiary/aromatic N) is 1. The molecule has 202 valence electrons. The SMILES string of the molecule is CC1=C(C)C(/C(C)=C/C2=C(C)C(C3=CC(F)C(C)C=C3)=CCN2CC2(F)CCC(F)(F)CC2)=C(C)CC1. The van der Waals surface area contributed by atoms with Crippen LogP contribution in [-0.4, -0.2) is 35.8 Å². The van der Waals surface area contributed by atoms with Gasteiger partial charge < -0.3 is 4.90 Å². The Hall–Kier alpha value is -2.30. The van der Waals surface area contributed by atoms with Crippen molar-refractivity contribution in [2.75, 3.05) is 13.1 Å². The summed E-state index contributed by atoms with van der Waals surface area (Å²) in [5.74, 6) is -2.94. The van der Waals surface area contributed by atoms with Crippen molar-refractivity contribution in [2.45, 2.75) is 97.8 Å². The molecule has 4 aliphatic rings. The van der Waals surface area contributed by atoms with Crippen LogP contribution in [0, 0.1) is 5.92 Å². The minimum atomic E-state index is -2.78. The van der Waals surface area contributed by atoms with E-state index in [1.165, 1.54) is 22.3 Å². The zero-order chi connectivity index (χ0) is 27.1. The summed E-state index contributed by atoms with van der Waals surface area (Å²) < 4.78 is 58.1. The molecule has 0 saturated heterocycles. The van der Waals surface area contributed by atoms with Gasteiger partial charge in [-0.1, -0.05) is 36.3 Å². The van der Waals surface area contributed by atoms with Gasteiger partial charge >= 0.3 is 0 Å². The predicted molar refractivity (Wildman–Crippen MR) is 145 cm³/mol. The number of hydrogen-bond donors (Lipinski definition) is 0. The molecule has 4 rings (SSSR count). The Morgan fingerprint density at radius 3 is 2.30 bits per heavy atom. The van der Waals surface area contributed by atoms with E-state index in [0.29, 0.717) is 6.54 Å². The molecule has 1 heterocycles. The number of hydrogen-bond acceptors (Lipinski definition) is 1. The molecule has 1 nitrogen and oxygen atoms in total. The minimum absolute atomic E-state index is 0.0762. The summed E-state index contributed by atoms with van der Waals surface area (Å²) >= 11 is 0. The van der Waals surface area contributed by atoms with E-state index in [1.807, 2.05) is 37.0 Å². The van der Waals surface area contributed by atoms with E-state index in [4.69, 9.17) is 0 Å².